The minimum Gasteiger partial charge on any atom is -0.330 e. The van der Waals surface area contributed by atoms with Crippen molar-refractivity contribution >= 4 is 26.8 Å². The lowest BCUT2D eigenvalue weighted by atomic mass is 9.97. The van der Waals surface area contributed by atoms with Crippen molar-refractivity contribution in [1.29, 1.82) is 0 Å². The van der Waals surface area contributed by atoms with Gasteiger partial charge < -0.3 is 5.73 Å². The lowest BCUT2D eigenvalue weighted by Gasteiger charge is -2.32. The fourth-order valence-electron chi connectivity index (χ4n) is 3.05. The third-order valence-electron chi connectivity index (χ3n) is 4.13. The molecule has 3 nitrogen and oxygen atoms in total. The maximum Gasteiger partial charge on any atom is 0.0758 e. The Morgan fingerprint density at radius 3 is 3.10 bits per heavy atom. The van der Waals surface area contributed by atoms with Crippen molar-refractivity contribution in [3.8, 4) is 0 Å². The second-order valence-electron chi connectivity index (χ2n) is 5.59. The number of aromatic nitrogens is 1. The molecule has 1 aromatic heterocycles. The number of hydrogen-bond acceptors (Lipinski definition) is 3. The van der Waals surface area contributed by atoms with Gasteiger partial charge in [-0.05, 0) is 49.5 Å². The van der Waals surface area contributed by atoms with Crippen LogP contribution in [0.2, 0.25) is 0 Å². The molecule has 1 atom stereocenters. The van der Waals surface area contributed by atoms with Crippen LogP contribution in [0, 0.1) is 5.92 Å². The molecular weight excluding hydrogens is 314 g/mol. The van der Waals surface area contributed by atoms with Crippen LogP contribution in [-0.4, -0.2) is 29.5 Å². The van der Waals surface area contributed by atoms with Gasteiger partial charge in [0.15, 0.2) is 0 Å². The highest BCUT2D eigenvalue weighted by atomic mass is 79.9. The van der Waals surface area contributed by atoms with E-state index in [1.807, 2.05) is 12.3 Å². The van der Waals surface area contributed by atoms with Gasteiger partial charge in [-0.3, -0.25) is 9.88 Å². The first kappa shape index (κ1) is 14.0. The molecule has 106 valence electrons. The maximum absolute atomic E-state index is 5.82. The normalized spacial score (nSPS) is 20.4. The van der Waals surface area contributed by atoms with E-state index in [9.17, 15) is 0 Å². The van der Waals surface area contributed by atoms with Gasteiger partial charge in [-0.1, -0.05) is 28.1 Å². The number of nitrogens with two attached hydrogens (primary N) is 1. The Balaban J connectivity index is 1.86. The molecule has 0 radical (unpaired) electrons. The Morgan fingerprint density at radius 1 is 1.35 bits per heavy atom. The van der Waals surface area contributed by atoms with Gasteiger partial charge in [-0.25, -0.2) is 0 Å². The molecule has 1 unspecified atom stereocenters. The Bertz CT molecular complexity index is 599. The van der Waals surface area contributed by atoms with E-state index in [4.69, 9.17) is 5.73 Å². The van der Waals surface area contributed by atoms with Gasteiger partial charge in [0.2, 0.25) is 0 Å². The number of hydrogen-bond donors (Lipinski definition) is 1. The molecule has 4 heteroatoms. The van der Waals surface area contributed by atoms with E-state index < -0.39 is 0 Å². The molecule has 0 aliphatic carbocycles. The fourth-order valence-corrected chi connectivity index (χ4v) is 3.50. The summed E-state index contributed by atoms with van der Waals surface area (Å²) >= 11 is 3.61. The zero-order valence-electron chi connectivity index (χ0n) is 11.6. The number of pyridine rings is 1. The van der Waals surface area contributed by atoms with Gasteiger partial charge in [0, 0.05) is 29.1 Å². The Hall–Kier alpha value is -0.970. The molecule has 0 bridgehead atoms. The smallest absolute Gasteiger partial charge is 0.0758 e. The van der Waals surface area contributed by atoms with Crippen LogP contribution in [-0.2, 0) is 6.54 Å². The third-order valence-corrected chi connectivity index (χ3v) is 4.82. The van der Waals surface area contributed by atoms with Gasteiger partial charge in [-0.15, -0.1) is 0 Å². The van der Waals surface area contributed by atoms with Gasteiger partial charge in [0.25, 0.3) is 0 Å². The molecule has 2 N–H and O–H groups in total. The van der Waals surface area contributed by atoms with Crippen LogP contribution in [0.1, 0.15) is 18.4 Å². The molecule has 1 aliphatic heterocycles. The standard InChI is InChI=1S/C16H20BrN3/c17-15-6-5-13(16-14(15)4-1-7-19-16)11-20-8-2-3-12(9-18)10-20/h1,4-7,12H,2-3,8-11,18H2. The van der Waals surface area contributed by atoms with E-state index in [2.05, 4.69) is 44.0 Å². The van der Waals surface area contributed by atoms with E-state index in [1.165, 1.54) is 30.3 Å². The number of nitrogens with zero attached hydrogens (tertiary/aromatic N) is 2. The molecule has 1 fully saturated rings. The first-order valence-electron chi connectivity index (χ1n) is 7.22. The lowest BCUT2D eigenvalue weighted by Crippen LogP contribution is -2.37. The Labute approximate surface area is 128 Å². The average molecular weight is 334 g/mol. The summed E-state index contributed by atoms with van der Waals surface area (Å²) in [6.07, 6.45) is 4.40. The summed E-state index contributed by atoms with van der Waals surface area (Å²) in [4.78, 5) is 7.08. The quantitative estimate of drug-likeness (QED) is 0.937. The van der Waals surface area contributed by atoms with Crippen molar-refractivity contribution in [1.82, 2.24) is 9.88 Å². The largest absolute Gasteiger partial charge is 0.330 e. The van der Waals surface area contributed by atoms with Crippen molar-refractivity contribution in [2.45, 2.75) is 19.4 Å². The van der Waals surface area contributed by atoms with E-state index in [1.54, 1.807) is 0 Å². The lowest BCUT2D eigenvalue weighted by molar-refractivity contribution is 0.171. The molecule has 0 saturated carbocycles. The van der Waals surface area contributed by atoms with E-state index in [0.29, 0.717) is 5.92 Å². The number of likely N-dealkylation sites (tertiary alicyclic amines) is 1. The highest BCUT2D eigenvalue weighted by molar-refractivity contribution is 9.10. The summed E-state index contributed by atoms with van der Waals surface area (Å²) < 4.78 is 1.11. The summed E-state index contributed by atoms with van der Waals surface area (Å²) in [7, 11) is 0. The Morgan fingerprint density at radius 2 is 2.25 bits per heavy atom. The van der Waals surface area contributed by atoms with Gasteiger partial charge in [0.05, 0.1) is 5.52 Å². The minimum atomic E-state index is 0.651. The predicted molar refractivity (Wildman–Crippen MR) is 86.5 cm³/mol. The second-order valence-corrected chi connectivity index (χ2v) is 6.44. The predicted octanol–water partition coefficient (Wildman–Crippen LogP) is 3.17. The van der Waals surface area contributed by atoms with Crippen LogP contribution in [0.5, 0.6) is 0 Å². The number of fused-ring (bicyclic) bond motifs is 1. The highest BCUT2D eigenvalue weighted by Gasteiger charge is 2.19. The van der Waals surface area contributed by atoms with Crippen LogP contribution in [0.15, 0.2) is 34.9 Å². The van der Waals surface area contributed by atoms with Crippen LogP contribution in [0.3, 0.4) is 0 Å². The number of benzene rings is 1. The van der Waals surface area contributed by atoms with E-state index >= 15 is 0 Å². The van der Waals surface area contributed by atoms with Crippen molar-refractivity contribution < 1.29 is 0 Å². The molecule has 0 spiro atoms. The van der Waals surface area contributed by atoms with Crippen molar-refractivity contribution in [3.63, 3.8) is 0 Å². The van der Waals surface area contributed by atoms with Crippen molar-refractivity contribution in [3.05, 3.63) is 40.5 Å². The molecule has 3 rings (SSSR count). The molecule has 2 heterocycles. The van der Waals surface area contributed by atoms with E-state index in [-0.39, 0.29) is 0 Å². The fraction of sp³-hybridized carbons (Fsp3) is 0.438. The van der Waals surface area contributed by atoms with Crippen LogP contribution >= 0.6 is 15.9 Å². The van der Waals surface area contributed by atoms with Crippen LogP contribution < -0.4 is 5.73 Å². The minimum absolute atomic E-state index is 0.651. The third kappa shape index (κ3) is 2.87. The molecular formula is C16H20BrN3. The second kappa shape index (κ2) is 6.20. The average Bonchev–Trinajstić information content (AvgIpc) is 2.51. The summed E-state index contributed by atoms with van der Waals surface area (Å²) in [6.45, 7) is 4.05. The Kier molecular flexibility index (Phi) is 4.34. The van der Waals surface area contributed by atoms with Crippen molar-refractivity contribution in [2.24, 2.45) is 11.7 Å². The monoisotopic (exact) mass is 333 g/mol. The van der Waals surface area contributed by atoms with Crippen LogP contribution in [0.4, 0.5) is 0 Å². The summed E-state index contributed by atoms with van der Waals surface area (Å²) in [5.41, 5.74) is 8.24. The zero-order valence-corrected chi connectivity index (χ0v) is 13.1. The van der Waals surface area contributed by atoms with Gasteiger partial charge >= 0.3 is 0 Å². The summed E-state index contributed by atoms with van der Waals surface area (Å²) in [5.74, 6) is 0.651. The molecule has 1 aromatic carbocycles. The van der Waals surface area contributed by atoms with Crippen molar-refractivity contribution in [2.75, 3.05) is 19.6 Å². The number of piperidine rings is 1. The van der Waals surface area contributed by atoms with Gasteiger partial charge in [0.1, 0.15) is 0 Å². The molecule has 20 heavy (non-hydrogen) atoms. The first-order valence-corrected chi connectivity index (χ1v) is 8.02. The van der Waals surface area contributed by atoms with E-state index in [0.717, 1.165) is 29.6 Å². The van der Waals surface area contributed by atoms with Gasteiger partial charge in [-0.2, -0.15) is 0 Å². The molecule has 2 aromatic rings. The number of halogens is 1. The molecule has 1 saturated heterocycles. The first-order chi connectivity index (χ1) is 9.78. The SMILES string of the molecule is NCC1CCCN(Cc2ccc(Br)c3cccnc23)C1. The molecule has 1 aliphatic rings. The van der Waals surface area contributed by atoms with Crippen LogP contribution in [0.25, 0.3) is 10.9 Å². The maximum atomic E-state index is 5.82. The summed E-state index contributed by atoms with van der Waals surface area (Å²) in [6, 6.07) is 8.42. The molecule has 0 amide bonds. The topological polar surface area (TPSA) is 42.1 Å². The zero-order chi connectivity index (χ0) is 13.9. The number of rotatable bonds is 3. The highest BCUT2D eigenvalue weighted by Crippen LogP contribution is 2.27. The summed E-state index contributed by atoms with van der Waals surface area (Å²) in [5, 5.41) is 1.19.